The third kappa shape index (κ3) is 3.31. The average Bonchev–Trinajstić information content (AvgIpc) is 2.55. The van der Waals surface area contributed by atoms with Gasteiger partial charge < -0.3 is 9.84 Å². The monoisotopic (exact) mass is 288 g/mol. The molecule has 0 aromatic heterocycles. The first-order chi connectivity index (χ1) is 10.7. The van der Waals surface area contributed by atoms with E-state index in [-0.39, 0.29) is 5.75 Å². The second-order valence-corrected chi connectivity index (χ2v) is 5.30. The summed E-state index contributed by atoms with van der Waals surface area (Å²) in [5, 5.41) is 9.36. The van der Waals surface area contributed by atoms with Gasteiger partial charge in [-0.25, -0.2) is 0 Å². The van der Waals surface area contributed by atoms with E-state index in [4.69, 9.17) is 4.74 Å². The van der Waals surface area contributed by atoms with E-state index >= 15 is 0 Å². The van der Waals surface area contributed by atoms with Crippen LogP contribution in [0.15, 0.2) is 72.8 Å². The zero-order valence-corrected chi connectivity index (χ0v) is 12.5. The van der Waals surface area contributed by atoms with Gasteiger partial charge in [0.1, 0.15) is 26.0 Å². The molecule has 3 aromatic rings. The number of phenolic OH excluding ortho intramolecular Hbond substituents is 1. The van der Waals surface area contributed by atoms with Gasteiger partial charge in [-0.05, 0) is 40.4 Å². The fourth-order valence-corrected chi connectivity index (χ4v) is 2.38. The molecule has 0 aliphatic carbocycles. The van der Waals surface area contributed by atoms with Gasteiger partial charge in [0.05, 0.1) is 0 Å². The highest BCUT2D eigenvalue weighted by atomic mass is 16.5. The van der Waals surface area contributed by atoms with Gasteiger partial charge in [-0.1, -0.05) is 54.6 Å². The molecule has 1 N–H and O–H groups in total. The van der Waals surface area contributed by atoms with Gasteiger partial charge in [-0.15, -0.1) is 0 Å². The lowest BCUT2D eigenvalue weighted by Crippen LogP contribution is -2.09. The Kier molecular flexibility index (Phi) is 4.15. The molecule has 0 saturated heterocycles. The molecule has 0 spiro atoms. The minimum Gasteiger partial charge on any atom is -0.508 e. The Balaban J connectivity index is 1.76. The topological polar surface area (TPSA) is 29.5 Å². The third-order valence-electron chi connectivity index (χ3n) is 3.61. The molecule has 0 aliphatic rings. The van der Waals surface area contributed by atoms with E-state index in [1.807, 2.05) is 50.3 Å². The number of aromatic hydroxyl groups is 1. The largest absolute Gasteiger partial charge is 0.508 e. The van der Waals surface area contributed by atoms with Crippen LogP contribution in [-0.2, 0) is 6.61 Å². The molecule has 3 aromatic carbocycles. The van der Waals surface area contributed by atoms with E-state index in [9.17, 15) is 5.11 Å². The fourth-order valence-electron chi connectivity index (χ4n) is 2.38. The molecule has 0 unspecified atom stereocenters. The van der Waals surface area contributed by atoms with Crippen molar-refractivity contribution in [3.05, 3.63) is 78.4 Å². The van der Waals surface area contributed by atoms with Crippen molar-refractivity contribution in [2.45, 2.75) is 6.61 Å². The Hall–Kier alpha value is -2.68. The van der Waals surface area contributed by atoms with Gasteiger partial charge in [0.15, 0.2) is 0 Å². The van der Waals surface area contributed by atoms with Crippen molar-refractivity contribution in [1.82, 2.24) is 0 Å². The summed E-state index contributed by atoms with van der Waals surface area (Å²) in [6, 6.07) is 23.5. The van der Waals surface area contributed by atoms with Crippen LogP contribution in [-0.4, -0.2) is 13.0 Å². The van der Waals surface area contributed by atoms with Crippen LogP contribution in [0.2, 0.25) is 0 Å². The summed E-state index contributed by atoms with van der Waals surface area (Å²) < 4.78 is 5.89. The SMILES string of the molecule is Bc1cc(-c2ccc(O)cc2)ccc1OCc1ccccc1. The number of benzene rings is 3. The summed E-state index contributed by atoms with van der Waals surface area (Å²) in [5.41, 5.74) is 4.45. The highest BCUT2D eigenvalue weighted by Crippen LogP contribution is 2.23. The lowest BCUT2D eigenvalue weighted by Gasteiger charge is -2.11. The number of hydrogen-bond donors (Lipinski definition) is 1. The lowest BCUT2D eigenvalue weighted by atomic mass is 9.91. The van der Waals surface area contributed by atoms with Crippen LogP contribution in [0.4, 0.5) is 0 Å². The maximum atomic E-state index is 9.36. The van der Waals surface area contributed by atoms with Crippen molar-refractivity contribution >= 4 is 13.3 Å². The summed E-state index contributed by atoms with van der Waals surface area (Å²) in [6.45, 7) is 0.570. The molecule has 0 aliphatic heterocycles. The van der Waals surface area contributed by atoms with Gasteiger partial charge in [-0.3, -0.25) is 0 Å². The highest BCUT2D eigenvalue weighted by molar-refractivity contribution is 6.34. The van der Waals surface area contributed by atoms with Crippen molar-refractivity contribution in [2.24, 2.45) is 0 Å². The number of rotatable bonds is 4. The van der Waals surface area contributed by atoms with Gasteiger partial charge in [0, 0.05) is 0 Å². The summed E-state index contributed by atoms with van der Waals surface area (Å²) in [7, 11) is 2.05. The zero-order chi connectivity index (χ0) is 15.4. The summed E-state index contributed by atoms with van der Waals surface area (Å²) in [5.74, 6) is 1.18. The van der Waals surface area contributed by atoms with E-state index in [1.165, 1.54) is 0 Å². The molecule has 2 nitrogen and oxygen atoms in total. The van der Waals surface area contributed by atoms with Crippen molar-refractivity contribution in [1.29, 1.82) is 0 Å². The van der Waals surface area contributed by atoms with Gasteiger partial charge in [0.2, 0.25) is 0 Å². The molecule has 3 rings (SSSR count). The minimum absolute atomic E-state index is 0.281. The molecule has 3 heteroatoms. The molecular weight excluding hydrogens is 271 g/mol. The minimum atomic E-state index is 0.281. The molecule has 0 saturated carbocycles. The lowest BCUT2D eigenvalue weighted by molar-refractivity contribution is 0.309. The number of hydrogen-bond acceptors (Lipinski definition) is 2. The maximum Gasteiger partial charge on any atom is 0.144 e. The van der Waals surface area contributed by atoms with Crippen LogP contribution in [0.3, 0.4) is 0 Å². The molecule has 108 valence electrons. The Bertz CT molecular complexity index is 752. The third-order valence-corrected chi connectivity index (χ3v) is 3.61. The summed E-state index contributed by atoms with van der Waals surface area (Å²) in [6.07, 6.45) is 0. The first kappa shape index (κ1) is 14.3. The number of phenols is 1. The second-order valence-electron chi connectivity index (χ2n) is 5.30. The van der Waals surface area contributed by atoms with Crippen molar-refractivity contribution in [3.63, 3.8) is 0 Å². The zero-order valence-electron chi connectivity index (χ0n) is 12.5. The molecule has 0 heterocycles. The van der Waals surface area contributed by atoms with E-state index < -0.39 is 0 Å². The smallest absolute Gasteiger partial charge is 0.144 e. The molecule has 0 fully saturated rings. The fraction of sp³-hybridized carbons (Fsp3) is 0.0526. The molecular formula is C19H17BO2. The first-order valence-electron chi connectivity index (χ1n) is 7.29. The Morgan fingerprint density at radius 1 is 0.818 bits per heavy atom. The van der Waals surface area contributed by atoms with Crippen LogP contribution in [0.5, 0.6) is 11.5 Å². The van der Waals surface area contributed by atoms with Crippen molar-refractivity contribution in [2.75, 3.05) is 0 Å². The van der Waals surface area contributed by atoms with E-state index in [1.54, 1.807) is 12.1 Å². The van der Waals surface area contributed by atoms with Gasteiger partial charge >= 0.3 is 0 Å². The van der Waals surface area contributed by atoms with Crippen LogP contribution in [0.1, 0.15) is 5.56 Å². The second kappa shape index (κ2) is 6.40. The predicted molar refractivity (Wildman–Crippen MR) is 92.5 cm³/mol. The van der Waals surface area contributed by atoms with Gasteiger partial charge in [-0.2, -0.15) is 0 Å². The van der Waals surface area contributed by atoms with Crippen LogP contribution in [0, 0.1) is 0 Å². The highest BCUT2D eigenvalue weighted by Gasteiger charge is 2.04. The Labute approximate surface area is 131 Å². The predicted octanol–water partition coefficient (Wildman–Crippen LogP) is 2.90. The molecule has 0 bridgehead atoms. The van der Waals surface area contributed by atoms with Crippen LogP contribution < -0.4 is 10.2 Å². The molecule has 0 atom stereocenters. The standard InChI is InChI=1S/C19H17BO2/c20-18-12-16(15-6-9-17(21)10-7-15)8-11-19(18)22-13-14-4-2-1-3-5-14/h1-12,21H,13,20H2. The van der Waals surface area contributed by atoms with Crippen molar-refractivity contribution < 1.29 is 9.84 Å². The Morgan fingerprint density at radius 2 is 1.50 bits per heavy atom. The summed E-state index contributed by atoms with van der Waals surface area (Å²) >= 11 is 0. The summed E-state index contributed by atoms with van der Waals surface area (Å²) in [4.78, 5) is 0. The van der Waals surface area contributed by atoms with E-state index in [0.717, 1.165) is 27.9 Å². The maximum absolute atomic E-state index is 9.36. The van der Waals surface area contributed by atoms with Gasteiger partial charge in [0.25, 0.3) is 0 Å². The molecule has 0 amide bonds. The van der Waals surface area contributed by atoms with E-state index in [0.29, 0.717) is 6.61 Å². The first-order valence-corrected chi connectivity index (χ1v) is 7.29. The number of ether oxygens (including phenoxy) is 1. The van der Waals surface area contributed by atoms with Crippen LogP contribution in [0.25, 0.3) is 11.1 Å². The van der Waals surface area contributed by atoms with Crippen molar-refractivity contribution in [3.8, 4) is 22.6 Å². The normalized spacial score (nSPS) is 10.4. The quantitative estimate of drug-likeness (QED) is 0.748. The molecule has 22 heavy (non-hydrogen) atoms. The average molecular weight is 288 g/mol. The molecule has 0 radical (unpaired) electrons. The van der Waals surface area contributed by atoms with Crippen LogP contribution >= 0.6 is 0 Å². The van der Waals surface area contributed by atoms with E-state index in [2.05, 4.69) is 18.2 Å². The Morgan fingerprint density at radius 3 is 2.18 bits per heavy atom.